The smallest absolute Gasteiger partial charge is 0.277 e. The Bertz CT molecular complexity index is 852. The molecule has 0 atom stereocenters. The molecule has 1 N–H and O–H groups in total. The van der Waals surface area contributed by atoms with Crippen LogP contribution in [0.25, 0.3) is 0 Å². The number of ether oxygens (including phenoxy) is 1. The summed E-state index contributed by atoms with van der Waals surface area (Å²) in [7, 11) is 0. The van der Waals surface area contributed by atoms with E-state index in [4.69, 9.17) is 4.74 Å². The number of hydrogen-bond acceptors (Lipinski definition) is 4. The van der Waals surface area contributed by atoms with Gasteiger partial charge in [-0.15, -0.1) is 0 Å². The van der Waals surface area contributed by atoms with Crippen LogP contribution in [-0.4, -0.2) is 23.2 Å². The Morgan fingerprint density at radius 1 is 1.00 bits per heavy atom. The third-order valence-corrected chi connectivity index (χ3v) is 3.65. The van der Waals surface area contributed by atoms with Gasteiger partial charge < -0.3 is 4.74 Å². The van der Waals surface area contributed by atoms with Crippen LogP contribution < -0.4 is 10.2 Å². The van der Waals surface area contributed by atoms with Crippen LogP contribution in [0.3, 0.4) is 0 Å². The number of hydrogen-bond donors (Lipinski definition) is 1. The number of nitrogens with zero attached hydrogens (tertiary/aromatic N) is 2. The van der Waals surface area contributed by atoms with Gasteiger partial charge >= 0.3 is 0 Å². The second-order valence-corrected chi connectivity index (χ2v) is 5.70. The van der Waals surface area contributed by atoms with Crippen molar-refractivity contribution in [3.8, 4) is 5.75 Å². The maximum absolute atomic E-state index is 12.1. The van der Waals surface area contributed by atoms with Crippen LogP contribution in [0.15, 0.2) is 84.2 Å². The Hall–Kier alpha value is -3.47. The fourth-order valence-corrected chi connectivity index (χ4v) is 2.41. The van der Waals surface area contributed by atoms with Crippen molar-refractivity contribution >= 4 is 11.6 Å². The number of carbonyl (C=O) groups is 1. The van der Waals surface area contributed by atoms with E-state index in [0.29, 0.717) is 11.5 Å². The minimum Gasteiger partial charge on any atom is -0.484 e. The molecule has 0 radical (unpaired) electrons. The maximum Gasteiger partial charge on any atom is 0.277 e. The van der Waals surface area contributed by atoms with E-state index in [9.17, 15) is 4.79 Å². The minimum atomic E-state index is -0.325. The maximum atomic E-state index is 12.1. The summed E-state index contributed by atoms with van der Waals surface area (Å²) in [6.45, 7) is 1.86. The average molecular weight is 345 g/mol. The second kappa shape index (κ2) is 8.58. The molecular weight excluding hydrogens is 326 g/mol. The van der Waals surface area contributed by atoms with Gasteiger partial charge in [0.15, 0.2) is 6.61 Å². The molecule has 3 aromatic rings. The number of amides is 1. The van der Waals surface area contributed by atoms with Crippen molar-refractivity contribution in [3.05, 3.63) is 95.8 Å². The molecule has 5 nitrogen and oxygen atoms in total. The molecule has 0 aliphatic rings. The number of nitrogens with one attached hydrogen (secondary N) is 1. The largest absolute Gasteiger partial charge is 0.484 e. The quantitative estimate of drug-likeness (QED) is 0.550. The van der Waals surface area contributed by atoms with Crippen LogP contribution >= 0.6 is 0 Å². The molecule has 0 fully saturated rings. The first kappa shape index (κ1) is 17.4. The standard InChI is InChI=1S/C21H19N3O2/c1-16-6-5-9-19(14-16)26-15-20(25)23-24-21(17-7-3-2-4-8-17)18-10-12-22-13-11-18/h2-14H,15H2,1H3,(H,23,25)/b24-21-. The highest BCUT2D eigenvalue weighted by molar-refractivity contribution is 6.13. The number of hydrazone groups is 1. The van der Waals surface area contributed by atoms with Crippen molar-refractivity contribution < 1.29 is 9.53 Å². The molecule has 0 unspecified atom stereocenters. The Labute approximate surface area is 152 Å². The predicted molar refractivity (Wildman–Crippen MR) is 101 cm³/mol. The molecule has 26 heavy (non-hydrogen) atoms. The lowest BCUT2D eigenvalue weighted by atomic mass is 10.0. The van der Waals surface area contributed by atoms with Crippen molar-refractivity contribution in [2.24, 2.45) is 5.10 Å². The van der Waals surface area contributed by atoms with Gasteiger partial charge in [-0.3, -0.25) is 9.78 Å². The Kier molecular flexibility index (Phi) is 5.72. The molecule has 0 aliphatic carbocycles. The van der Waals surface area contributed by atoms with Crippen LogP contribution in [0.5, 0.6) is 5.75 Å². The molecule has 0 saturated carbocycles. The van der Waals surface area contributed by atoms with E-state index in [0.717, 1.165) is 16.7 Å². The molecule has 0 saturated heterocycles. The fraction of sp³-hybridized carbons (Fsp3) is 0.0952. The Morgan fingerprint density at radius 2 is 1.73 bits per heavy atom. The minimum absolute atomic E-state index is 0.106. The summed E-state index contributed by atoms with van der Waals surface area (Å²) < 4.78 is 5.50. The van der Waals surface area contributed by atoms with E-state index in [1.165, 1.54) is 0 Å². The summed E-state index contributed by atoms with van der Waals surface area (Å²) >= 11 is 0. The van der Waals surface area contributed by atoms with Gasteiger partial charge in [-0.25, -0.2) is 5.43 Å². The van der Waals surface area contributed by atoms with Gasteiger partial charge in [-0.2, -0.15) is 5.10 Å². The molecule has 1 aromatic heterocycles. The Balaban J connectivity index is 1.71. The SMILES string of the molecule is Cc1cccc(OCC(=O)N/N=C(/c2ccccc2)c2ccncc2)c1. The zero-order chi connectivity index (χ0) is 18.2. The normalized spacial score (nSPS) is 11.0. The first-order valence-electron chi connectivity index (χ1n) is 8.24. The molecule has 2 aromatic carbocycles. The third kappa shape index (κ3) is 4.77. The third-order valence-electron chi connectivity index (χ3n) is 3.65. The van der Waals surface area contributed by atoms with Crippen LogP contribution in [0, 0.1) is 6.92 Å². The second-order valence-electron chi connectivity index (χ2n) is 5.70. The monoisotopic (exact) mass is 345 g/mol. The summed E-state index contributed by atoms with van der Waals surface area (Å²) in [5.74, 6) is 0.329. The zero-order valence-corrected chi connectivity index (χ0v) is 14.4. The van der Waals surface area contributed by atoms with Gasteiger partial charge in [0.25, 0.3) is 5.91 Å². The van der Waals surface area contributed by atoms with Crippen molar-refractivity contribution in [1.29, 1.82) is 0 Å². The van der Waals surface area contributed by atoms with Crippen molar-refractivity contribution in [3.63, 3.8) is 0 Å². The molecule has 0 spiro atoms. The highest BCUT2D eigenvalue weighted by Crippen LogP contribution is 2.12. The number of carbonyl (C=O) groups excluding carboxylic acids is 1. The topological polar surface area (TPSA) is 63.6 Å². The summed E-state index contributed by atoms with van der Waals surface area (Å²) in [6, 6.07) is 20.9. The molecule has 1 amide bonds. The van der Waals surface area contributed by atoms with Gasteiger partial charge in [-0.05, 0) is 36.8 Å². The van der Waals surface area contributed by atoms with Crippen LogP contribution in [0.2, 0.25) is 0 Å². The lowest BCUT2D eigenvalue weighted by Gasteiger charge is -2.09. The number of aryl methyl sites for hydroxylation is 1. The van der Waals surface area contributed by atoms with E-state index < -0.39 is 0 Å². The molecular formula is C21H19N3O2. The van der Waals surface area contributed by atoms with Crippen LogP contribution in [0.1, 0.15) is 16.7 Å². The highest BCUT2D eigenvalue weighted by atomic mass is 16.5. The fourth-order valence-electron chi connectivity index (χ4n) is 2.41. The lowest BCUT2D eigenvalue weighted by Crippen LogP contribution is -2.26. The van der Waals surface area contributed by atoms with Crippen molar-refractivity contribution in [2.45, 2.75) is 6.92 Å². The highest BCUT2D eigenvalue weighted by Gasteiger charge is 2.08. The first-order chi connectivity index (χ1) is 12.7. The molecule has 0 bridgehead atoms. The number of rotatable bonds is 6. The number of aromatic nitrogens is 1. The Morgan fingerprint density at radius 3 is 2.46 bits per heavy atom. The molecule has 0 aliphatic heterocycles. The zero-order valence-electron chi connectivity index (χ0n) is 14.4. The summed E-state index contributed by atoms with van der Waals surface area (Å²) in [5, 5.41) is 4.30. The summed E-state index contributed by atoms with van der Waals surface area (Å²) in [6.07, 6.45) is 3.38. The number of pyridine rings is 1. The van der Waals surface area contributed by atoms with Crippen LogP contribution in [-0.2, 0) is 4.79 Å². The summed E-state index contributed by atoms with van der Waals surface area (Å²) in [4.78, 5) is 16.1. The van der Waals surface area contributed by atoms with Gasteiger partial charge in [0.2, 0.25) is 0 Å². The number of benzene rings is 2. The molecule has 130 valence electrons. The predicted octanol–water partition coefficient (Wildman–Crippen LogP) is 3.34. The van der Waals surface area contributed by atoms with Gasteiger partial charge in [0.05, 0.1) is 5.71 Å². The van der Waals surface area contributed by atoms with E-state index in [1.54, 1.807) is 12.4 Å². The molecule has 5 heteroatoms. The van der Waals surface area contributed by atoms with Gasteiger partial charge in [-0.1, -0.05) is 42.5 Å². The van der Waals surface area contributed by atoms with Gasteiger partial charge in [0.1, 0.15) is 5.75 Å². The van der Waals surface area contributed by atoms with E-state index >= 15 is 0 Å². The van der Waals surface area contributed by atoms with Crippen LogP contribution in [0.4, 0.5) is 0 Å². The van der Waals surface area contributed by atoms with Gasteiger partial charge in [0, 0.05) is 23.5 Å². The lowest BCUT2D eigenvalue weighted by molar-refractivity contribution is -0.123. The molecule has 1 heterocycles. The van der Waals surface area contributed by atoms with Crippen molar-refractivity contribution in [2.75, 3.05) is 6.61 Å². The van der Waals surface area contributed by atoms with Crippen molar-refractivity contribution in [1.82, 2.24) is 10.4 Å². The van der Waals surface area contributed by atoms with E-state index in [1.807, 2.05) is 73.7 Å². The van der Waals surface area contributed by atoms with E-state index in [2.05, 4.69) is 15.5 Å². The summed E-state index contributed by atoms with van der Waals surface area (Å²) in [5.41, 5.74) is 6.07. The first-order valence-corrected chi connectivity index (χ1v) is 8.24. The van der Waals surface area contributed by atoms with E-state index in [-0.39, 0.29) is 12.5 Å². The molecule has 3 rings (SSSR count). The average Bonchev–Trinajstić information content (AvgIpc) is 2.68.